The van der Waals surface area contributed by atoms with E-state index in [2.05, 4.69) is 49.5 Å². The molecule has 2 aromatic rings. The monoisotopic (exact) mass is 315 g/mol. The summed E-state index contributed by atoms with van der Waals surface area (Å²) in [6.45, 7) is 0. The molecule has 2 aromatic heterocycles. The van der Waals surface area contributed by atoms with E-state index >= 15 is 0 Å². The number of halogens is 1. The van der Waals surface area contributed by atoms with Crippen LogP contribution in [0.25, 0.3) is 0 Å². The van der Waals surface area contributed by atoms with Crippen LogP contribution in [0.15, 0.2) is 32.7 Å². The van der Waals surface area contributed by atoms with Gasteiger partial charge in [0.2, 0.25) is 0 Å². The van der Waals surface area contributed by atoms with Crippen LogP contribution in [0.4, 0.5) is 0 Å². The molecule has 0 spiro atoms. The number of aryl methyl sites for hydroxylation is 1. The highest BCUT2D eigenvalue weighted by Gasteiger charge is 2.11. The average molecular weight is 316 g/mol. The van der Waals surface area contributed by atoms with Gasteiger partial charge in [0.1, 0.15) is 0 Å². The van der Waals surface area contributed by atoms with E-state index in [1.165, 1.54) is 14.9 Å². The SMILES string of the molecule is CNC(CCc1ccsc1)c1cc(Br)cs1. The van der Waals surface area contributed by atoms with Crippen molar-refractivity contribution in [1.29, 1.82) is 0 Å². The Morgan fingerprint density at radius 3 is 2.88 bits per heavy atom. The van der Waals surface area contributed by atoms with E-state index in [0.717, 1.165) is 12.8 Å². The molecule has 1 unspecified atom stereocenters. The summed E-state index contributed by atoms with van der Waals surface area (Å²) < 4.78 is 1.18. The smallest absolute Gasteiger partial charge is 0.0415 e. The maximum absolute atomic E-state index is 3.50. The molecule has 2 heterocycles. The maximum Gasteiger partial charge on any atom is 0.0415 e. The van der Waals surface area contributed by atoms with Gasteiger partial charge in [0, 0.05) is 20.8 Å². The molecule has 16 heavy (non-hydrogen) atoms. The van der Waals surface area contributed by atoms with Gasteiger partial charge in [-0.1, -0.05) is 0 Å². The van der Waals surface area contributed by atoms with E-state index in [0.29, 0.717) is 6.04 Å². The van der Waals surface area contributed by atoms with Crippen molar-refractivity contribution in [1.82, 2.24) is 5.32 Å². The van der Waals surface area contributed by atoms with Gasteiger partial charge in [-0.3, -0.25) is 0 Å². The predicted octanol–water partition coefficient (Wildman–Crippen LogP) is 4.47. The van der Waals surface area contributed by atoms with Gasteiger partial charge in [0.05, 0.1) is 0 Å². The first kappa shape index (κ1) is 12.3. The molecule has 0 amide bonds. The van der Waals surface area contributed by atoms with E-state index in [1.54, 1.807) is 11.3 Å². The molecule has 0 radical (unpaired) electrons. The standard InChI is InChI=1S/C12H14BrNS2/c1-14-11(12-6-10(13)8-16-12)3-2-9-4-5-15-7-9/h4-8,11,14H,2-3H2,1H3. The number of nitrogens with one attached hydrogen (secondary N) is 1. The minimum atomic E-state index is 0.469. The Labute approximate surface area is 113 Å². The minimum Gasteiger partial charge on any atom is -0.312 e. The normalized spacial score (nSPS) is 12.9. The lowest BCUT2D eigenvalue weighted by molar-refractivity contribution is 0.558. The second-order valence-corrected chi connectivity index (χ2v) is 6.32. The van der Waals surface area contributed by atoms with Gasteiger partial charge < -0.3 is 5.32 Å². The summed E-state index contributed by atoms with van der Waals surface area (Å²) in [5.74, 6) is 0. The maximum atomic E-state index is 3.50. The third-order valence-electron chi connectivity index (χ3n) is 2.58. The fourth-order valence-corrected chi connectivity index (χ4v) is 3.98. The van der Waals surface area contributed by atoms with Gasteiger partial charge in [-0.15, -0.1) is 11.3 Å². The van der Waals surface area contributed by atoms with E-state index in [1.807, 2.05) is 18.4 Å². The summed E-state index contributed by atoms with van der Waals surface area (Å²) in [7, 11) is 2.03. The van der Waals surface area contributed by atoms with Crippen molar-refractivity contribution in [2.45, 2.75) is 18.9 Å². The van der Waals surface area contributed by atoms with Crippen LogP contribution in [0.1, 0.15) is 22.9 Å². The summed E-state index contributed by atoms with van der Waals surface area (Å²) >= 11 is 7.09. The highest BCUT2D eigenvalue weighted by atomic mass is 79.9. The van der Waals surface area contributed by atoms with Crippen molar-refractivity contribution in [2.24, 2.45) is 0 Å². The molecule has 0 aliphatic rings. The molecule has 0 aromatic carbocycles. The number of hydrogen-bond acceptors (Lipinski definition) is 3. The Hall–Kier alpha value is -0.160. The molecule has 0 bridgehead atoms. The van der Waals surface area contributed by atoms with Crippen LogP contribution < -0.4 is 5.32 Å². The lowest BCUT2D eigenvalue weighted by Gasteiger charge is -2.13. The summed E-state index contributed by atoms with van der Waals surface area (Å²) in [6.07, 6.45) is 2.30. The van der Waals surface area contributed by atoms with Gasteiger partial charge in [-0.2, -0.15) is 11.3 Å². The molecular formula is C12H14BrNS2. The zero-order valence-corrected chi connectivity index (χ0v) is 12.3. The third kappa shape index (κ3) is 3.17. The van der Waals surface area contributed by atoms with Crippen LogP contribution in [0.5, 0.6) is 0 Å². The van der Waals surface area contributed by atoms with Crippen molar-refractivity contribution in [3.63, 3.8) is 0 Å². The Morgan fingerprint density at radius 2 is 2.31 bits per heavy atom. The average Bonchev–Trinajstić information content (AvgIpc) is 2.91. The minimum absolute atomic E-state index is 0.469. The molecule has 1 atom stereocenters. The zero-order chi connectivity index (χ0) is 11.4. The van der Waals surface area contributed by atoms with Gasteiger partial charge in [-0.25, -0.2) is 0 Å². The van der Waals surface area contributed by atoms with E-state index in [4.69, 9.17) is 0 Å². The first-order valence-corrected chi connectivity index (χ1v) is 7.83. The zero-order valence-electron chi connectivity index (χ0n) is 9.07. The van der Waals surface area contributed by atoms with E-state index in [9.17, 15) is 0 Å². The number of hydrogen-bond donors (Lipinski definition) is 1. The lowest BCUT2D eigenvalue weighted by Crippen LogP contribution is -2.15. The molecule has 0 saturated carbocycles. The largest absolute Gasteiger partial charge is 0.312 e. The Bertz CT molecular complexity index is 422. The van der Waals surface area contributed by atoms with Crippen LogP contribution in [0, 0.1) is 0 Å². The van der Waals surface area contributed by atoms with Gasteiger partial charge in [0.15, 0.2) is 0 Å². The molecule has 0 aliphatic heterocycles. The van der Waals surface area contributed by atoms with E-state index in [-0.39, 0.29) is 0 Å². The summed E-state index contributed by atoms with van der Waals surface area (Å²) in [5, 5.41) is 9.91. The molecule has 1 N–H and O–H groups in total. The quantitative estimate of drug-likeness (QED) is 0.858. The van der Waals surface area contributed by atoms with Crippen LogP contribution in [-0.4, -0.2) is 7.05 Å². The predicted molar refractivity (Wildman–Crippen MR) is 76.5 cm³/mol. The van der Waals surface area contributed by atoms with Gasteiger partial charge >= 0.3 is 0 Å². The highest BCUT2D eigenvalue weighted by molar-refractivity contribution is 9.10. The Morgan fingerprint density at radius 1 is 1.44 bits per heavy atom. The van der Waals surface area contributed by atoms with Crippen molar-refractivity contribution in [2.75, 3.05) is 7.05 Å². The highest BCUT2D eigenvalue weighted by Crippen LogP contribution is 2.28. The first-order valence-electron chi connectivity index (χ1n) is 5.22. The van der Waals surface area contributed by atoms with Crippen LogP contribution >= 0.6 is 38.6 Å². The molecule has 0 fully saturated rings. The van der Waals surface area contributed by atoms with Crippen molar-refractivity contribution in [3.8, 4) is 0 Å². The van der Waals surface area contributed by atoms with Crippen molar-refractivity contribution >= 4 is 38.6 Å². The van der Waals surface area contributed by atoms with Gasteiger partial charge in [-0.05, 0) is 64.3 Å². The van der Waals surface area contributed by atoms with Crippen molar-refractivity contribution < 1.29 is 0 Å². The number of thiophene rings is 2. The fraction of sp³-hybridized carbons (Fsp3) is 0.333. The first-order chi connectivity index (χ1) is 7.79. The molecule has 86 valence electrons. The van der Waals surface area contributed by atoms with Crippen molar-refractivity contribution in [3.05, 3.63) is 43.2 Å². The summed E-state index contributed by atoms with van der Waals surface area (Å²) in [4.78, 5) is 1.41. The molecule has 0 aliphatic carbocycles. The van der Waals surface area contributed by atoms with Crippen LogP contribution in [0.2, 0.25) is 0 Å². The molecular weight excluding hydrogens is 302 g/mol. The molecule has 1 nitrogen and oxygen atoms in total. The summed E-state index contributed by atoms with van der Waals surface area (Å²) in [6, 6.07) is 4.89. The third-order valence-corrected chi connectivity index (χ3v) is 5.12. The lowest BCUT2D eigenvalue weighted by atomic mass is 10.1. The van der Waals surface area contributed by atoms with E-state index < -0.39 is 0 Å². The van der Waals surface area contributed by atoms with Crippen LogP contribution in [-0.2, 0) is 6.42 Å². The van der Waals surface area contributed by atoms with Crippen LogP contribution in [0.3, 0.4) is 0 Å². The molecule has 2 rings (SSSR count). The summed E-state index contributed by atoms with van der Waals surface area (Å²) in [5.41, 5.74) is 1.45. The molecule has 4 heteroatoms. The topological polar surface area (TPSA) is 12.0 Å². The fourth-order valence-electron chi connectivity index (χ4n) is 1.69. The van der Waals surface area contributed by atoms with Gasteiger partial charge in [0.25, 0.3) is 0 Å². The Balaban J connectivity index is 1.96. The Kier molecular flexibility index (Phi) is 4.58. The second kappa shape index (κ2) is 5.96. The molecule has 0 saturated heterocycles. The number of rotatable bonds is 5. The second-order valence-electron chi connectivity index (χ2n) is 3.68.